The molecule has 7 heteroatoms. The van der Waals surface area contributed by atoms with Crippen LogP contribution in [-0.4, -0.2) is 22.6 Å². The number of benzene rings is 1. The largest absolute Gasteiger partial charge is 0.495 e. The fraction of sp³-hybridized carbons (Fsp3) is 0.100. The minimum absolute atomic E-state index is 0.310. The Morgan fingerprint density at radius 1 is 1.53 bits per heavy atom. The molecule has 0 unspecified atom stereocenters. The lowest BCUT2D eigenvalue weighted by molar-refractivity contribution is 0.102. The van der Waals surface area contributed by atoms with Crippen LogP contribution >= 0.6 is 11.5 Å². The molecule has 0 saturated heterocycles. The highest BCUT2D eigenvalue weighted by molar-refractivity contribution is 7.10. The minimum Gasteiger partial charge on any atom is -0.495 e. The summed E-state index contributed by atoms with van der Waals surface area (Å²) in [7, 11) is 1.50. The number of nitrogens with zero attached hydrogens (tertiary/aromatic N) is 2. The lowest BCUT2D eigenvalue weighted by atomic mass is 10.1. The van der Waals surface area contributed by atoms with Gasteiger partial charge in [-0.3, -0.25) is 4.79 Å². The Balaban J connectivity index is 2.25. The van der Waals surface area contributed by atoms with E-state index in [9.17, 15) is 4.79 Å². The summed E-state index contributed by atoms with van der Waals surface area (Å²) >= 11 is 1.10. The van der Waals surface area contributed by atoms with Gasteiger partial charge >= 0.3 is 0 Å². The zero-order valence-electron chi connectivity index (χ0n) is 9.01. The van der Waals surface area contributed by atoms with E-state index in [1.165, 1.54) is 13.3 Å². The van der Waals surface area contributed by atoms with E-state index < -0.39 is 0 Å². The highest BCUT2D eigenvalue weighted by atomic mass is 32.1. The molecule has 17 heavy (non-hydrogen) atoms. The summed E-state index contributed by atoms with van der Waals surface area (Å²) in [4.78, 5) is 11.9. The smallest absolute Gasteiger partial charge is 0.258 e. The third kappa shape index (κ3) is 2.34. The zero-order valence-corrected chi connectivity index (χ0v) is 9.82. The van der Waals surface area contributed by atoms with Crippen LogP contribution in [0.5, 0.6) is 5.75 Å². The van der Waals surface area contributed by atoms with E-state index in [4.69, 9.17) is 10.5 Å². The number of methoxy groups -OCH3 is 1. The topological polar surface area (TPSA) is 90.1 Å². The van der Waals surface area contributed by atoms with Gasteiger partial charge in [0.2, 0.25) is 0 Å². The molecular formula is C10H10N4O2S. The predicted octanol–water partition coefficient (Wildman–Crippen LogP) is 1.38. The van der Waals surface area contributed by atoms with Gasteiger partial charge in [0.1, 0.15) is 10.8 Å². The predicted molar refractivity (Wildman–Crippen MR) is 65.3 cm³/mol. The molecule has 1 aromatic carbocycles. The second kappa shape index (κ2) is 4.79. The summed E-state index contributed by atoms with van der Waals surface area (Å²) in [6.07, 6.45) is 1.47. The van der Waals surface area contributed by atoms with Gasteiger partial charge in [-0.05, 0) is 12.1 Å². The molecule has 0 spiro atoms. The van der Waals surface area contributed by atoms with E-state index in [0.717, 1.165) is 11.5 Å². The number of hydrogen-bond acceptors (Lipinski definition) is 6. The van der Waals surface area contributed by atoms with Crippen LogP contribution in [0, 0.1) is 0 Å². The third-order valence-electron chi connectivity index (χ3n) is 2.13. The molecule has 0 radical (unpaired) electrons. The molecule has 0 aliphatic carbocycles. The molecule has 6 nitrogen and oxygen atoms in total. The first-order valence-corrected chi connectivity index (χ1v) is 5.51. The van der Waals surface area contributed by atoms with Gasteiger partial charge < -0.3 is 15.8 Å². The van der Waals surface area contributed by atoms with E-state index in [0.29, 0.717) is 22.0 Å². The molecule has 88 valence electrons. The second-order valence-corrected chi connectivity index (χ2v) is 3.94. The summed E-state index contributed by atoms with van der Waals surface area (Å²) in [5, 5.41) is 6.84. The maximum absolute atomic E-state index is 11.9. The molecule has 1 heterocycles. The van der Waals surface area contributed by atoms with E-state index in [1.54, 1.807) is 18.2 Å². The van der Waals surface area contributed by atoms with Crippen molar-refractivity contribution in [1.29, 1.82) is 0 Å². The standard InChI is InChI=1S/C10H10N4O2S/c1-16-7-4-2-3-6(9(7)11)10(15)13-8-5-12-14-17-8/h2-5H,11H2,1H3,(H,13,15). The zero-order chi connectivity index (χ0) is 12.3. The van der Waals surface area contributed by atoms with Crippen molar-refractivity contribution in [3.05, 3.63) is 30.0 Å². The summed E-state index contributed by atoms with van der Waals surface area (Å²) in [5.74, 6) is 0.160. The van der Waals surface area contributed by atoms with Gasteiger partial charge in [0.15, 0.2) is 0 Å². The average Bonchev–Trinajstić information content (AvgIpc) is 2.82. The molecule has 2 aromatic rings. The molecule has 0 aliphatic rings. The van der Waals surface area contributed by atoms with Crippen LogP contribution in [0.1, 0.15) is 10.4 Å². The molecule has 1 amide bonds. The fourth-order valence-electron chi connectivity index (χ4n) is 1.32. The van der Waals surface area contributed by atoms with Crippen molar-refractivity contribution in [3.8, 4) is 5.75 Å². The van der Waals surface area contributed by atoms with Crippen LogP contribution in [-0.2, 0) is 0 Å². The number of nitrogens with two attached hydrogens (primary N) is 1. The van der Waals surface area contributed by atoms with Crippen molar-refractivity contribution >= 4 is 28.1 Å². The van der Waals surface area contributed by atoms with Crippen molar-refractivity contribution in [3.63, 3.8) is 0 Å². The van der Waals surface area contributed by atoms with Crippen LogP contribution in [0.4, 0.5) is 10.7 Å². The lowest BCUT2D eigenvalue weighted by Gasteiger charge is -2.08. The highest BCUT2D eigenvalue weighted by Crippen LogP contribution is 2.25. The van der Waals surface area contributed by atoms with Crippen molar-refractivity contribution in [2.75, 3.05) is 18.2 Å². The Labute approximate surface area is 102 Å². The minimum atomic E-state index is -0.313. The summed E-state index contributed by atoms with van der Waals surface area (Å²) in [6.45, 7) is 0. The highest BCUT2D eigenvalue weighted by Gasteiger charge is 2.13. The van der Waals surface area contributed by atoms with Gasteiger partial charge in [-0.25, -0.2) is 0 Å². The number of aromatic nitrogens is 2. The first-order valence-electron chi connectivity index (χ1n) is 4.73. The number of amides is 1. The Kier molecular flexibility index (Phi) is 3.20. The van der Waals surface area contributed by atoms with Gasteiger partial charge in [-0.2, -0.15) is 0 Å². The summed E-state index contributed by atoms with van der Waals surface area (Å²) < 4.78 is 8.69. The molecule has 0 fully saturated rings. The molecular weight excluding hydrogens is 240 g/mol. The number of ether oxygens (including phenoxy) is 1. The van der Waals surface area contributed by atoms with Crippen LogP contribution in [0.3, 0.4) is 0 Å². The summed E-state index contributed by atoms with van der Waals surface area (Å²) in [6, 6.07) is 5.02. The number of hydrogen-bond donors (Lipinski definition) is 2. The average molecular weight is 250 g/mol. The van der Waals surface area contributed by atoms with Gasteiger partial charge in [0.25, 0.3) is 5.91 Å². The summed E-state index contributed by atoms with van der Waals surface area (Å²) in [5.41, 5.74) is 6.48. The van der Waals surface area contributed by atoms with Gasteiger partial charge in [-0.15, -0.1) is 5.10 Å². The third-order valence-corrected chi connectivity index (χ3v) is 2.71. The van der Waals surface area contributed by atoms with Crippen molar-refractivity contribution in [2.24, 2.45) is 0 Å². The maximum Gasteiger partial charge on any atom is 0.258 e. The number of nitrogens with one attached hydrogen (secondary N) is 1. The monoisotopic (exact) mass is 250 g/mol. The first-order chi connectivity index (χ1) is 8.22. The van der Waals surface area contributed by atoms with Gasteiger partial charge in [-0.1, -0.05) is 10.6 Å². The van der Waals surface area contributed by atoms with E-state index in [2.05, 4.69) is 14.9 Å². The van der Waals surface area contributed by atoms with Crippen molar-refractivity contribution in [2.45, 2.75) is 0 Å². The number of anilines is 2. The van der Waals surface area contributed by atoms with Crippen LogP contribution in [0.15, 0.2) is 24.4 Å². The number of nitrogen functional groups attached to an aromatic ring is 1. The molecule has 2 rings (SSSR count). The fourth-order valence-corrected chi connectivity index (χ4v) is 1.74. The van der Waals surface area contributed by atoms with E-state index in [-0.39, 0.29) is 5.91 Å². The Bertz CT molecular complexity index is 527. The molecule has 0 saturated carbocycles. The maximum atomic E-state index is 11.9. The molecule has 0 aliphatic heterocycles. The van der Waals surface area contributed by atoms with Crippen molar-refractivity contribution < 1.29 is 9.53 Å². The van der Waals surface area contributed by atoms with Gasteiger partial charge in [0, 0.05) is 11.5 Å². The molecule has 0 bridgehead atoms. The lowest BCUT2D eigenvalue weighted by Crippen LogP contribution is -2.13. The van der Waals surface area contributed by atoms with E-state index in [1.807, 2.05) is 0 Å². The Morgan fingerprint density at radius 2 is 2.35 bits per heavy atom. The van der Waals surface area contributed by atoms with Crippen LogP contribution < -0.4 is 15.8 Å². The number of carbonyl (C=O) groups excluding carboxylic acids is 1. The molecule has 0 atom stereocenters. The Hall–Kier alpha value is -2.15. The number of para-hydroxylation sites is 1. The second-order valence-electron chi connectivity index (χ2n) is 3.16. The molecule has 1 aromatic heterocycles. The normalized spacial score (nSPS) is 9.94. The Morgan fingerprint density at radius 3 is 3.00 bits per heavy atom. The van der Waals surface area contributed by atoms with Crippen LogP contribution in [0.25, 0.3) is 0 Å². The number of rotatable bonds is 3. The SMILES string of the molecule is COc1cccc(C(=O)Nc2cnns2)c1N. The number of carbonyl (C=O) groups is 1. The first kappa shape index (κ1) is 11.3. The van der Waals surface area contributed by atoms with Gasteiger partial charge in [0.05, 0.1) is 24.6 Å². The van der Waals surface area contributed by atoms with E-state index >= 15 is 0 Å². The van der Waals surface area contributed by atoms with Crippen LogP contribution in [0.2, 0.25) is 0 Å². The van der Waals surface area contributed by atoms with Crippen molar-refractivity contribution in [1.82, 2.24) is 9.59 Å². The molecule has 3 N–H and O–H groups in total. The quantitative estimate of drug-likeness (QED) is 0.803.